The Morgan fingerprint density at radius 2 is 1.85 bits per heavy atom. The third-order valence-corrected chi connectivity index (χ3v) is 6.85. The molecular formula is C25H35F3N2O4. The largest absolute Gasteiger partial charge is 0.469 e. The van der Waals surface area contributed by atoms with Crippen LogP contribution in [-0.2, 0) is 38.2 Å². The molecule has 6 nitrogen and oxygen atoms in total. The van der Waals surface area contributed by atoms with E-state index in [0.29, 0.717) is 37.0 Å². The van der Waals surface area contributed by atoms with Gasteiger partial charge in [-0.3, -0.25) is 9.59 Å². The molecule has 2 fully saturated rings. The Morgan fingerprint density at radius 1 is 1.12 bits per heavy atom. The second kappa shape index (κ2) is 12.0. The molecule has 4 rings (SSSR count). The molecule has 2 unspecified atom stereocenters. The highest BCUT2D eigenvalue weighted by Gasteiger charge is 2.36. The normalized spacial score (nSPS) is 23.0. The predicted molar refractivity (Wildman–Crippen MR) is 121 cm³/mol. The van der Waals surface area contributed by atoms with Gasteiger partial charge < -0.3 is 19.7 Å². The van der Waals surface area contributed by atoms with E-state index in [4.69, 9.17) is 4.74 Å². The Morgan fingerprint density at radius 3 is 2.47 bits per heavy atom. The number of nitrogens with one attached hydrogen (secondary N) is 1. The van der Waals surface area contributed by atoms with Crippen molar-refractivity contribution < 1.29 is 32.2 Å². The van der Waals surface area contributed by atoms with E-state index in [9.17, 15) is 22.8 Å². The lowest BCUT2D eigenvalue weighted by Gasteiger charge is -2.31. The summed E-state index contributed by atoms with van der Waals surface area (Å²) in [7, 11) is 1.38. The van der Waals surface area contributed by atoms with E-state index >= 15 is 0 Å². The molecule has 1 aromatic carbocycles. The van der Waals surface area contributed by atoms with Crippen molar-refractivity contribution >= 4 is 11.9 Å². The first-order valence-electron chi connectivity index (χ1n) is 12.1. The van der Waals surface area contributed by atoms with Gasteiger partial charge in [0.15, 0.2) is 0 Å². The summed E-state index contributed by atoms with van der Waals surface area (Å²) in [5.74, 6) is -0.0842. The fourth-order valence-corrected chi connectivity index (χ4v) is 4.88. The van der Waals surface area contributed by atoms with Crippen molar-refractivity contribution in [1.29, 1.82) is 0 Å². The monoisotopic (exact) mass is 484 g/mol. The lowest BCUT2D eigenvalue weighted by molar-refractivity contribution is -0.140. The highest BCUT2D eigenvalue weighted by Crippen LogP contribution is 2.34. The summed E-state index contributed by atoms with van der Waals surface area (Å²) in [5, 5.41) is 3.67. The number of methoxy groups -OCH3 is 1. The lowest BCUT2D eigenvalue weighted by Crippen LogP contribution is -2.42. The summed E-state index contributed by atoms with van der Waals surface area (Å²) < 4.78 is 48.6. The molecule has 1 aliphatic carbocycles. The number of hydrogen-bond acceptors (Lipinski definition) is 5. The molecular weight excluding hydrogens is 449 g/mol. The first kappa shape index (κ1) is 26.5. The summed E-state index contributed by atoms with van der Waals surface area (Å²) in [6, 6.07) is 4.73. The summed E-state index contributed by atoms with van der Waals surface area (Å²) >= 11 is 0. The van der Waals surface area contributed by atoms with Gasteiger partial charge in [0.1, 0.15) is 0 Å². The molecule has 0 radical (unpaired) electrons. The predicted octanol–water partition coefficient (Wildman–Crippen LogP) is 4.10. The van der Waals surface area contributed by atoms with E-state index in [1.807, 2.05) is 0 Å². The number of carbonyl (C=O) groups excluding carboxylic acids is 2. The standard InChI is InChI=1S/C21H27F3N2O2.C4H8O2/c22-21(23,24)17-3-1-14-5-8-26(13-16(14)11-17)20(27)15-2-4-19(12-15)25-18-6-9-28-10-7-18;1-3-4(5)6-2/h1,3,11,15,18-19,25H,2,4-10,12-13H2;3H2,1-2H3. The highest BCUT2D eigenvalue weighted by atomic mass is 19.4. The van der Waals surface area contributed by atoms with E-state index in [1.165, 1.54) is 13.2 Å². The van der Waals surface area contributed by atoms with Crippen LogP contribution in [-0.4, -0.2) is 55.7 Å². The Hall–Kier alpha value is -2.13. The Labute approximate surface area is 199 Å². The second-order valence-electron chi connectivity index (χ2n) is 9.18. The molecule has 2 heterocycles. The van der Waals surface area contributed by atoms with Gasteiger partial charge in [0, 0.05) is 50.7 Å². The molecule has 0 aromatic heterocycles. The first-order valence-corrected chi connectivity index (χ1v) is 12.1. The average molecular weight is 485 g/mol. The van der Waals surface area contributed by atoms with Gasteiger partial charge in [-0.1, -0.05) is 13.0 Å². The zero-order valence-electron chi connectivity index (χ0n) is 20.0. The van der Waals surface area contributed by atoms with E-state index < -0.39 is 11.7 Å². The maximum atomic E-state index is 13.0. The molecule has 1 N–H and O–H groups in total. The topological polar surface area (TPSA) is 67.9 Å². The minimum absolute atomic E-state index is 0.0234. The number of hydrogen-bond donors (Lipinski definition) is 1. The van der Waals surface area contributed by atoms with Crippen LogP contribution in [0.4, 0.5) is 13.2 Å². The first-order chi connectivity index (χ1) is 16.2. The second-order valence-corrected chi connectivity index (χ2v) is 9.18. The van der Waals surface area contributed by atoms with Gasteiger partial charge in [-0.25, -0.2) is 0 Å². The fourth-order valence-electron chi connectivity index (χ4n) is 4.88. The molecule has 3 aliphatic rings. The number of rotatable bonds is 4. The van der Waals surface area contributed by atoms with Crippen molar-refractivity contribution in [1.82, 2.24) is 10.2 Å². The zero-order chi connectivity index (χ0) is 24.7. The molecule has 2 atom stereocenters. The van der Waals surface area contributed by atoms with Crippen LogP contribution < -0.4 is 5.32 Å². The molecule has 0 bridgehead atoms. The van der Waals surface area contributed by atoms with Crippen LogP contribution in [0.5, 0.6) is 0 Å². The molecule has 2 aliphatic heterocycles. The fraction of sp³-hybridized carbons (Fsp3) is 0.680. The Kier molecular flexibility index (Phi) is 9.36. The van der Waals surface area contributed by atoms with Crippen LogP contribution in [0.1, 0.15) is 62.1 Å². The van der Waals surface area contributed by atoms with Crippen molar-refractivity contribution in [2.75, 3.05) is 26.9 Å². The molecule has 0 spiro atoms. The van der Waals surface area contributed by atoms with E-state index in [0.717, 1.165) is 56.9 Å². The number of halogens is 3. The minimum Gasteiger partial charge on any atom is -0.469 e. The van der Waals surface area contributed by atoms with Gasteiger partial charge in [0.05, 0.1) is 12.7 Å². The van der Waals surface area contributed by atoms with Gasteiger partial charge in [-0.2, -0.15) is 13.2 Å². The highest BCUT2D eigenvalue weighted by molar-refractivity contribution is 5.79. The van der Waals surface area contributed by atoms with Gasteiger partial charge in [0.2, 0.25) is 5.91 Å². The van der Waals surface area contributed by atoms with Crippen molar-refractivity contribution in [2.24, 2.45) is 5.92 Å². The van der Waals surface area contributed by atoms with E-state index in [1.54, 1.807) is 17.9 Å². The molecule has 1 aromatic rings. The summed E-state index contributed by atoms with van der Waals surface area (Å²) in [6.07, 6.45) is 1.42. The van der Waals surface area contributed by atoms with Crippen LogP contribution in [0.3, 0.4) is 0 Å². The van der Waals surface area contributed by atoms with Crippen LogP contribution in [0, 0.1) is 5.92 Å². The number of carbonyl (C=O) groups is 2. The number of fused-ring (bicyclic) bond motifs is 1. The van der Waals surface area contributed by atoms with Crippen molar-refractivity contribution in [3.8, 4) is 0 Å². The van der Waals surface area contributed by atoms with E-state index in [-0.39, 0.29) is 24.3 Å². The number of esters is 1. The quantitative estimate of drug-likeness (QED) is 0.652. The molecule has 1 amide bonds. The van der Waals surface area contributed by atoms with Crippen molar-refractivity contribution in [2.45, 2.75) is 76.7 Å². The molecule has 190 valence electrons. The smallest absolute Gasteiger partial charge is 0.416 e. The Bertz CT molecular complexity index is 834. The number of benzene rings is 1. The molecule has 9 heteroatoms. The third-order valence-electron chi connectivity index (χ3n) is 6.85. The van der Waals surface area contributed by atoms with Crippen LogP contribution in [0.25, 0.3) is 0 Å². The molecule has 34 heavy (non-hydrogen) atoms. The molecule has 1 saturated heterocycles. The van der Waals surface area contributed by atoms with Crippen LogP contribution >= 0.6 is 0 Å². The minimum atomic E-state index is -4.35. The summed E-state index contributed by atoms with van der Waals surface area (Å²) in [6.45, 7) is 4.21. The van der Waals surface area contributed by atoms with Crippen LogP contribution in [0.2, 0.25) is 0 Å². The average Bonchev–Trinajstić information content (AvgIpc) is 3.31. The van der Waals surface area contributed by atoms with Crippen molar-refractivity contribution in [3.63, 3.8) is 0 Å². The third kappa shape index (κ3) is 7.18. The number of nitrogens with zero attached hydrogens (tertiary/aromatic N) is 1. The molecule has 1 saturated carbocycles. The van der Waals surface area contributed by atoms with Gasteiger partial charge in [-0.15, -0.1) is 0 Å². The summed E-state index contributed by atoms with van der Waals surface area (Å²) in [4.78, 5) is 24.7. The maximum absolute atomic E-state index is 13.0. The SMILES string of the molecule is CCC(=O)OC.O=C(C1CCC(NC2CCOCC2)C1)N1CCc2ccc(C(F)(F)F)cc2C1. The van der Waals surface area contributed by atoms with Gasteiger partial charge >= 0.3 is 12.1 Å². The van der Waals surface area contributed by atoms with Gasteiger partial charge in [0.25, 0.3) is 0 Å². The van der Waals surface area contributed by atoms with E-state index in [2.05, 4.69) is 10.1 Å². The maximum Gasteiger partial charge on any atom is 0.416 e. The van der Waals surface area contributed by atoms with Gasteiger partial charge in [-0.05, 0) is 61.8 Å². The van der Waals surface area contributed by atoms with Crippen LogP contribution in [0.15, 0.2) is 18.2 Å². The number of ether oxygens (including phenoxy) is 2. The zero-order valence-corrected chi connectivity index (χ0v) is 20.0. The number of alkyl halides is 3. The number of amides is 1. The van der Waals surface area contributed by atoms with Crippen molar-refractivity contribution in [3.05, 3.63) is 34.9 Å². The lowest BCUT2D eigenvalue weighted by atomic mass is 9.95. The summed E-state index contributed by atoms with van der Waals surface area (Å²) in [5.41, 5.74) is 0.911. The Balaban J connectivity index is 0.000000481.